The zero-order valence-electron chi connectivity index (χ0n) is 8.59. The number of amides is 1. The van der Waals surface area contributed by atoms with Gasteiger partial charge < -0.3 is 9.64 Å². The average Bonchev–Trinajstić information content (AvgIpc) is 2.18. The molecule has 0 aromatic carbocycles. The molecule has 1 amide bonds. The normalized spacial score (nSPS) is 9.64. The van der Waals surface area contributed by atoms with Crippen molar-refractivity contribution in [3.8, 4) is 0 Å². The monoisotopic (exact) mass is 265 g/mol. The van der Waals surface area contributed by atoms with Gasteiger partial charge >= 0.3 is 6.09 Å². The summed E-state index contributed by atoms with van der Waals surface area (Å²) >= 11 is 3.07. The highest BCUT2D eigenvalue weighted by Gasteiger charge is 2.13. The minimum absolute atomic E-state index is 0.0905. The van der Waals surface area contributed by atoms with E-state index in [1.807, 2.05) is 6.92 Å². The number of rotatable bonds is 6. The second-order valence-electron chi connectivity index (χ2n) is 2.70. The third-order valence-corrected chi connectivity index (χ3v) is 2.34. The fourth-order valence-corrected chi connectivity index (χ4v) is 1.20. The van der Waals surface area contributed by atoms with E-state index in [0.717, 1.165) is 0 Å². The summed E-state index contributed by atoms with van der Waals surface area (Å²) in [5, 5.41) is 0.341. The molecule has 0 heterocycles. The number of ketones is 1. The number of carbonyl (C=O) groups is 2. The molecule has 0 saturated heterocycles. The van der Waals surface area contributed by atoms with Crippen LogP contribution < -0.4 is 0 Å². The largest absolute Gasteiger partial charge is 0.450 e. The highest BCUT2D eigenvalue weighted by atomic mass is 79.9. The van der Waals surface area contributed by atoms with Gasteiger partial charge in [-0.2, -0.15) is 0 Å². The summed E-state index contributed by atoms with van der Waals surface area (Å²) in [5.41, 5.74) is 0. The molecule has 0 aliphatic rings. The minimum Gasteiger partial charge on any atom is -0.450 e. The third kappa shape index (κ3) is 5.21. The Bertz CT molecular complexity index is 196. The molecule has 0 unspecified atom stereocenters. The molecule has 0 N–H and O–H groups in total. The number of nitrogens with zero attached hydrogens (tertiary/aromatic N) is 1. The molecule has 14 heavy (non-hydrogen) atoms. The van der Waals surface area contributed by atoms with Crippen LogP contribution in [-0.2, 0) is 9.53 Å². The fraction of sp³-hybridized carbons (Fsp3) is 0.778. The van der Waals surface area contributed by atoms with Crippen molar-refractivity contribution in [2.75, 3.05) is 25.0 Å². The zero-order chi connectivity index (χ0) is 11.0. The lowest BCUT2D eigenvalue weighted by Crippen LogP contribution is -2.33. The van der Waals surface area contributed by atoms with Crippen molar-refractivity contribution in [2.45, 2.75) is 20.3 Å². The first-order chi connectivity index (χ1) is 6.65. The Morgan fingerprint density at radius 1 is 1.36 bits per heavy atom. The van der Waals surface area contributed by atoms with Gasteiger partial charge in [0.1, 0.15) is 5.78 Å². The van der Waals surface area contributed by atoms with Gasteiger partial charge in [0.05, 0.1) is 11.9 Å². The van der Waals surface area contributed by atoms with Gasteiger partial charge in [-0.25, -0.2) is 4.79 Å². The van der Waals surface area contributed by atoms with Gasteiger partial charge in [-0.3, -0.25) is 4.79 Å². The topological polar surface area (TPSA) is 46.6 Å². The lowest BCUT2D eigenvalue weighted by molar-refractivity contribution is -0.116. The molecule has 5 heteroatoms. The van der Waals surface area contributed by atoms with Crippen molar-refractivity contribution >= 4 is 27.8 Å². The Morgan fingerprint density at radius 2 is 2.00 bits per heavy atom. The van der Waals surface area contributed by atoms with Crippen molar-refractivity contribution in [1.29, 1.82) is 0 Å². The smallest absolute Gasteiger partial charge is 0.409 e. The molecule has 0 rings (SSSR count). The van der Waals surface area contributed by atoms with Crippen molar-refractivity contribution in [3.05, 3.63) is 0 Å². The lowest BCUT2D eigenvalue weighted by atomic mass is 10.3. The lowest BCUT2D eigenvalue weighted by Gasteiger charge is -2.19. The Labute approximate surface area is 92.7 Å². The van der Waals surface area contributed by atoms with Crippen LogP contribution in [0, 0.1) is 0 Å². The molecule has 0 saturated carbocycles. The Morgan fingerprint density at radius 3 is 2.43 bits per heavy atom. The van der Waals surface area contributed by atoms with Gasteiger partial charge in [0.15, 0.2) is 0 Å². The SMILES string of the molecule is CCOC(=O)N(CC)CCC(=O)CBr. The first-order valence-electron chi connectivity index (χ1n) is 4.65. The average molecular weight is 266 g/mol. The number of hydrogen-bond acceptors (Lipinski definition) is 3. The molecule has 82 valence electrons. The summed E-state index contributed by atoms with van der Waals surface area (Å²) in [6.07, 6.45) is 0.0233. The van der Waals surface area contributed by atoms with Crippen LogP contribution in [0.15, 0.2) is 0 Å². The first kappa shape index (κ1) is 13.4. The van der Waals surface area contributed by atoms with E-state index < -0.39 is 0 Å². The minimum atomic E-state index is -0.350. The molecule has 0 aromatic rings. The van der Waals surface area contributed by atoms with E-state index >= 15 is 0 Å². The Hall–Kier alpha value is -0.580. The van der Waals surface area contributed by atoms with Crippen molar-refractivity contribution in [2.24, 2.45) is 0 Å². The fourth-order valence-electron chi connectivity index (χ4n) is 0.920. The van der Waals surface area contributed by atoms with Crippen LogP contribution in [0.25, 0.3) is 0 Å². The second kappa shape index (κ2) is 7.79. The third-order valence-electron chi connectivity index (χ3n) is 1.72. The van der Waals surface area contributed by atoms with E-state index in [4.69, 9.17) is 4.74 Å². The molecule has 0 spiro atoms. The highest BCUT2D eigenvalue weighted by Crippen LogP contribution is 1.98. The van der Waals surface area contributed by atoms with Crippen LogP contribution in [-0.4, -0.2) is 41.8 Å². The maximum Gasteiger partial charge on any atom is 0.409 e. The van der Waals surface area contributed by atoms with Gasteiger partial charge in [0.25, 0.3) is 0 Å². The highest BCUT2D eigenvalue weighted by molar-refractivity contribution is 9.09. The molecule has 0 fully saturated rings. The molecule has 0 aromatic heterocycles. The number of alkyl halides is 1. The summed E-state index contributed by atoms with van der Waals surface area (Å²) in [4.78, 5) is 23.8. The second-order valence-corrected chi connectivity index (χ2v) is 3.26. The van der Waals surface area contributed by atoms with E-state index in [0.29, 0.717) is 31.4 Å². The quantitative estimate of drug-likeness (QED) is 0.689. The van der Waals surface area contributed by atoms with Crippen LogP contribution in [0.5, 0.6) is 0 Å². The van der Waals surface area contributed by atoms with Crippen LogP contribution >= 0.6 is 15.9 Å². The van der Waals surface area contributed by atoms with Gasteiger partial charge in [0.2, 0.25) is 0 Å². The maximum absolute atomic E-state index is 11.3. The van der Waals surface area contributed by atoms with Crippen LogP contribution in [0.2, 0.25) is 0 Å². The van der Waals surface area contributed by atoms with Crippen LogP contribution in [0.3, 0.4) is 0 Å². The van der Waals surface area contributed by atoms with Gasteiger partial charge in [-0.05, 0) is 13.8 Å². The van der Waals surface area contributed by atoms with Crippen LogP contribution in [0.4, 0.5) is 4.79 Å². The predicted octanol–water partition coefficient (Wildman–Crippen LogP) is 1.82. The summed E-state index contributed by atoms with van der Waals surface area (Å²) in [7, 11) is 0. The van der Waals surface area contributed by atoms with Crippen molar-refractivity contribution < 1.29 is 14.3 Å². The number of carbonyl (C=O) groups excluding carboxylic acids is 2. The number of Topliss-reactive ketones (excluding diaryl/α,β-unsaturated/α-hetero) is 1. The molecule has 0 radical (unpaired) electrons. The Balaban J connectivity index is 3.90. The predicted molar refractivity (Wildman–Crippen MR) is 57.7 cm³/mol. The van der Waals surface area contributed by atoms with E-state index in [1.54, 1.807) is 6.92 Å². The first-order valence-corrected chi connectivity index (χ1v) is 5.77. The summed E-state index contributed by atoms with van der Waals surface area (Å²) < 4.78 is 4.82. The molecule has 4 nitrogen and oxygen atoms in total. The number of halogens is 1. The van der Waals surface area contributed by atoms with E-state index in [1.165, 1.54) is 4.90 Å². The van der Waals surface area contributed by atoms with Gasteiger partial charge in [-0.1, -0.05) is 15.9 Å². The zero-order valence-corrected chi connectivity index (χ0v) is 10.2. The molecule has 0 aliphatic heterocycles. The summed E-state index contributed by atoms with van der Waals surface area (Å²) in [6, 6.07) is 0. The molecule has 0 aliphatic carbocycles. The van der Waals surface area contributed by atoms with Crippen LogP contribution in [0.1, 0.15) is 20.3 Å². The molecular weight excluding hydrogens is 250 g/mol. The van der Waals surface area contributed by atoms with Gasteiger partial charge in [-0.15, -0.1) is 0 Å². The maximum atomic E-state index is 11.3. The number of hydrogen-bond donors (Lipinski definition) is 0. The van der Waals surface area contributed by atoms with E-state index in [9.17, 15) is 9.59 Å². The van der Waals surface area contributed by atoms with E-state index in [-0.39, 0.29) is 11.9 Å². The molecule has 0 bridgehead atoms. The summed E-state index contributed by atoms with van der Waals surface area (Å²) in [5.74, 6) is 0.0905. The molecule has 0 atom stereocenters. The number of ether oxygens (including phenoxy) is 1. The Kier molecular flexibility index (Phi) is 7.47. The molecular formula is C9H16BrNO3. The van der Waals surface area contributed by atoms with Crippen molar-refractivity contribution in [1.82, 2.24) is 4.90 Å². The van der Waals surface area contributed by atoms with E-state index in [2.05, 4.69) is 15.9 Å². The van der Waals surface area contributed by atoms with Crippen molar-refractivity contribution in [3.63, 3.8) is 0 Å². The van der Waals surface area contributed by atoms with Gasteiger partial charge in [0, 0.05) is 19.5 Å². The standard InChI is InChI=1S/C9H16BrNO3/c1-3-11(9(13)14-4-2)6-5-8(12)7-10/h3-7H2,1-2H3. The summed E-state index contributed by atoms with van der Waals surface area (Å²) in [6.45, 7) is 4.97.